The monoisotopic (exact) mass is 745 g/mol. The summed E-state index contributed by atoms with van der Waals surface area (Å²) in [6.45, 7) is 3.12. The van der Waals surface area contributed by atoms with E-state index in [1.807, 2.05) is 36.4 Å². The molecule has 4 aromatic rings. The maximum absolute atomic E-state index is 13.8. The average molecular weight is 747 g/mol. The number of nitrogens with one attached hydrogen (secondary N) is 1. The van der Waals surface area contributed by atoms with E-state index in [1.165, 1.54) is 0 Å². The van der Waals surface area contributed by atoms with Crippen LogP contribution in [0.4, 0.5) is 10.5 Å². The van der Waals surface area contributed by atoms with E-state index < -0.39 is 18.2 Å². The third-order valence-corrected chi connectivity index (χ3v) is 11.0. The van der Waals surface area contributed by atoms with Gasteiger partial charge in [0, 0.05) is 24.7 Å². The highest BCUT2D eigenvalue weighted by atomic mass is 35.5. The van der Waals surface area contributed by atoms with Gasteiger partial charge in [-0.15, -0.1) is 0 Å². The fraction of sp³-hybridized carbons (Fsp3) is 0.400. The summed E-state index contributed by atoms with van der Waals surface area (Å²) < 4.78 is 24.3. The normalized spacial score (nSPS) is 20.2. The number of fused-ring (bicyclic) bond motifs is 3. The Kier molecular flexibility index (Phi) is 11.4. The van der Waals surface area contributed by atoms with Gasteiger partial charge in [-0.3, -0.25) is 14.8 Å². The van der Waals surface area contributed by atoms with E-state index in [1.54, 1.807) is 55.0 Å². The van der Waals surface area contributed by atoms with E-state index in [9.17, 15) is 9.59 Å². The first-order valence-corrected chi connectivity index (χ1v) is 18.7. The first-order chi connectivity index (χ1) is 25.3. The van der Waals surface area contributed by atoms with Gasteiger partial charge in [-0.25, -0.2) is 14.6 Å². The summed E-state index contributed by atoms with van der Waals surface area (Å²) in [6.07, 6.45) is 11.9. The largest absolute Gasteiger partial charge is 0.493 e. The Morgan fingerprint density at radius 2 is 1.73 bits per heavy atom. The number of carbonyl (C=O) groups is 2. The molecule has 2 atom stereocenters. The minimum atomic E-state index is -0.747. The van der Waals surface area contributed by atoms with Crippen molar-refractivity contribution in [1.82, 2.24) is 9.88 Å². The minimum absolute atomic E-state index is 0.105. The zero-order chi connectivity index (χ0) is 36.0. The van der Waals surface area contributed by atoms with Gasteiger partial charge in [-0.1, -0.05) is 41.4 Å². The van der Waals surface area contributed by atoms with Crippen LogP contribution in [0.25, 0.3) is 0 Å². The van der Waals surface area contributed by atoms with Gasteiger partial charge in [0.15, 0.2) is 23.9 Å². The van der Waals surface area contributed by atoms with Crippen molar-refractivity contribution in [2.45, 2.75) is 69.8 Å². The van der Waals surface area contributed by atoms with Crippen LogP contribution in [-0.2, 0) is 22.4 Å². The van der Waals surface area contributed by atoms with Gasteiger partial charge in [-0.2, -0.15) is 0 Å². The van der Waals surface area contributed by atoms with Crippen LogP contribution in [0.1, 0.15) is 71.7 Å². The predicted octanol–water partition coefficient (Wildman–Crippen LogP) is 7.91. The zero-order valence-electron chi connectivity index (χ0n) is 29.1. The van der Waals surface area contributed by atoms with Crippen LogP contribution >= 0.6 is 23.2 Å². The van der Waals surface area contributed by atoms with Crippen LogP contribution in [0.5, 0.6) is 11.5 Å². The van der Waals surface area contributed by atoms with Crippen LogP contribution < -0.4 is 19.4 Å². The molecule has 4 fully saturated rings. The Balaban J connectivity index is 1.09. The fourth-order valence-electron chi connectivity index (χ4n) is 7.39. The van der Waals surface area contributed by atoms with Crippen LogP contribution in [0.2, 0.25) is 10.0 Å². The number of amides is 1. The molecule has 1 N–H and O–H groups in total. The van der Waals surface area contributed by atoms with Crippen LogP contribution in [0.15, 0.2) is 79.4 Å². The maximum atomic E-state index is 13.8. The average Bonchev–Trinajstić information content (AvgIpc) is 3.69. The number of ether oxygens (including phenoxy) is 4. The lowest BCUT2D eigenvalue weighted by molar-refractivity contribution is -0.377. The van der Waals surface area contributed by atoms with Crippen molar-refractivity contribution in [3.8, 4) is 11.5 Å². The summed E-state index contributed by atoms with van der Waals surface area (Å²) in [5.41, 5.74) is 3.15. The first kappa shape index (κ1) is 36.0. The first-order valence-electron chi connectivity index (χ1n) is 17.9. The zero-order valence-corrected chi connectivity index (χ0v) is 30.7. The van der Waals surface area contributed by atoms with Crippen molar-refractivity contribution < 1.29 is 33.5 Å². The van der Waals surface area contributed by atoms with Crippen molar-refractivity contribution in [3.05, 3.63) is 112 Å². The van der Waals surface area contributed by atoms with Gasteiger partial charge in [0.05, 0.1) is 37.2 Å². The topological polar surface area (TPSA) is 105 Å². The molecule has 0 radical (unpaired) electrons. The molecule has 0 spiro atoms. The van der Waals surface area contributed by atoms with Crippen molar-refractivity contribution in [2.75, 3.05) is 31.6 Å². The van der Waals surface area contributed by atoms with E-state index in [0.29, 0.717) is 49.8 Å². The summed E-state index contributed by atoms with van der Waals surface area (Å²) in [4.78, 5) is 38.5. The summed E-state index contributed by atoms with van der Waals surface area (Å²) in [5, 5.41) is 0.859. The highest BCUT2D eigenvalue weighted by Gasteiger charge is 2.37. The molecule has 3 saturated heterocycles. The third kappa shape index (κ3) is 8.46. The van der Waals surface area contributed by atoms with Crippen LogP contribution in [-0.4, -0.2) is 60.9 Å². The lowest BCUT2D eigenvalue weighted by Gasteiger charge is -2.44. The van der Waals surface area contributed by atoms with E-state index in [4.69, 9.17) is 42.1 Å². The molecular weight excluding hydrogens is 703 g/mol. The molecule has 1 saturated carbocycles. The number of nitrogens with zero attached hydrogens (tertiary/aromatic N) is 3. The molecule has 12 heteroatoms. The molecule has 2 aromatic heterocycles. The molecule has 2 aromatic carbocycles. The molecule has 5 heterocycles. The maximum Gasteiger partial charge on any atom is 0.414 e. The number of aromatic amines is 1. The summed E-state index contributed by atoms with van der Waals surface area (Å²) in [6, 6.07) is 16.2. The number of methoxy groups -OCH3 is 1. The number of hydrogen-bond donors (Lipinski definition) is 0. The van der Waals surface area contributed by atoms with Gasteiger partial charge < -0.3 is 18.9 Å². The summed E-state index contributed by atoms with van der Waals surface area (Å²) in [7, 11) is 1.61. The number of anilines is 1. The second-order valence-corrected chi connectivity index (χ2v) is 14.5. The molecule has 1 amide bonds. The molecule has 10 nitrogen and oxygen atoms in total. The molecule has 4 aliphatic rings. The van der Waals surface area contributed by atoms with E-state index in [0.717, 1.165) is 63.7 Å². The number of halogens is 2. The number of carbonyl (C=O) groups excluding carboxylic acids is 2. The van der Waals surface area contributed by atoms with Crippen LogP contribution in [0, 0.1) is 5.92 Å². The number of rotatable bonds is 12. The van der Waals surface area contributed by atoms with Gasteiger partial charge in [0.1, 0.15) is 22.3 Å². The van der Waals surface area contributed by atoms with Crippen molar-refractivity contribution in [1.29, 1.82) is 0 Å². The number of piperidine rings is 3. The minimum Gasteiger partial charge on any atom is -0.493 e. The number of H-pyrrole nitrogens is 1. The number of benzene rings is 2. The smallest absolute Gasteiger partial charge is 0.414 e. The van der Waals surface area contributed by atoms with Crippen molar-refractivity contribution >= 4 is 41.0 Å². The third-order valence-electron chi connectivity index (χ3n) is 10.3. The Labute approximate surface area is 313 Å². The molecule has 272 valence electrons. The standard InChI is InChI=1S/C40H42Cl2N4O6/c1-49-35-13-12-29(19-37(35)50-31-6-2-3-7-31)36(20-32-33(41)22-44-23-34(32)42)51-39(47)28-10-8-26(9-11-28)24-46(30-5-4-16-43-21-30)40(48)52-38-25-45-17-14-27(38)15-18-45/h4-5,8-13,16,19,21-23,27,31,36,38H,2-3,6-7,14-15,17-18,20,24-25H2,1H3/p+1/t36?,38-/m0/s1. The predicted molar refractivity (Wildman–Crippen MR) is 197 cm³/mol. The number of pyridine rings is 2. The molecule has 3 aliphatic heterocycles. The Hall–Kier alpha value is -4.38. The van der Waals surface area contributed by atoms with Gasteiger partial charge in [0.2, 0.25) is 0 Å². The number of aromatic nitrogens is 2. The van der Waals surface area contributed by atoms with Gasteiger partial charge in [0.25, 0.3) is 0 Å². The summed E-state index contributed by atoms with van der Waals surface area (Å²) in [5.74, 6) is 1.07. The molecule has 8 rings (SSSR count). The van der Waals surface area contributed by atoms with E-state index in [2.05, 4.69) is 14.9 Å². The lowest BCUT2D eigenvalue weighted by atomic mass is 9.86. The highest BCUT2D eigenvalue weighted by Crippen LogP contribution is 2.37. The van der Waals surface area contributed by atoms with Gasteiger partial charge >= 0.3 is 12.1 Å². The van der Waals surface area contributed by atoms with Crippen molar-refractivity contribution in [3.63, 3.8) is 0 Å². The lowest BCUT2D eigenvalue weighted by Crippen LogP contribution is -2.53. The Bertz CT molecular complexity index is 1830. The van der Waals surface area contributed by atoms with Gasteiger partial charge in [-0.05, 0) is 105 Å². The molecule has 52 heavy (non-hydrogen) atoms. The van der Waals surface area contributed by atoms with Crippen molar-refractivity contribution in [2.24, 2.45) is 5.92 Å². The summed E-state index contributed by atoms with van der Waals surface area (Å²) >= 11 is 13.1. The SMILES string of the molecule is COc1ccc(C(Cc2c(Cl)c[nH+]cc2Cl)OC(=O)c2ccc(CN(C(=O)O[C@H]3CN4CCC3CC4)c3cccnc3)cc2)cc1OC1CCCC1. The molecular formula is C40H43Cl2N4O6+. The fourth-order valence-corrected chi connectivity index (χ4v) is 7.93. The molecule has 2 bridgehead atoms. The highest BCUT2D eigenvalue weighted by molar-refractivity contribution is 6.35. The van der Waals surface area contributed by atoms with E-state index in [-0.39, 0.29) is 25.2 Å². The Morgan fingerprint density at radius 3 is 2.38 bits per heavy atom. The number of esters is 1. The molecule has 1 aliphatic carbocycles. The second-order valence-electron chi connectivity index (χ2n) is 13.7. The second kappa shape index (κ2) is 16.5. The molecule has 1 unspecified atom stereocenters. The van der Waals surface area contributed by atoms with Crippen LogP contribution in [0.3, 0.4) is 0 Å². The van der Waals surface area contributed by atoms with E-state index >= 15 is 0 Å². The number of hydrogen-bond acceptors (Lipinski definition) is 8. The quantitative estimate of drug-likeness (QED) is 0.135. The Morgan fingerprint density at radius 1 is 0.981 bits per heavy atom.